The average Bonchev–Trinajstić information content (AvgIpc) is 3.02. The van der Waals surface area contributed by atoms with Gasteiger partial charge in [0.05, 0.1) is 11.7 Å². The van der Waals surface area contributed by atoms with Gasteiger partial charge in [0.1, 0.15) is 17.0 Å². The topological polar surface area (TPSA) is 43.6 Å². The van der Waals surface area contributed by atoms with Gasteiger partial charge in [-0.05, 0) is 37.1 Å². The summed E-state index contributed by atoms with van der Waals surface area (Å²) >= 11 is 5.72. The van der Waals surface area contributed by atoms with E-state index in [9.17, 15) is 8.78 Å². The van der Waals surface area contributed by atoms with Crippen molar-refractivity contribution in [3.05, 3.63) is 41.1 Å². The lowest BCUT2D eigenvalue weighted by molar-refractivity contribution is 0.595. The number of aryl methyl sites for hydroxylation is 1. The molecule has 0 saturated heterocycles. The smallest absolute Gasteiger partial charge is 0.223 e. The Labute approximate surface area is 129 Å². The van der Waals surface area contributed by atoms with E-state index in [1.165, 1.54) is 6.07 Å². The molecule has 0 radical (unpaired) electrons. The van der Waals surface area contributed by atoms with Gasteiger partial charge in [-0.2, -0.15) is 0 Å². The zero-order chi connectivity index (χ0) is 15.4. The summed E-state index contributed by atoms with van der Waals surface area (Å²) in [6.45, 7) is 2.06. The molecule has 0 bridgehead atoms. The lowest BCUT2D eigenvalue weighted by Gasteiger charge is -2.09. The first-order chi connectivity index (χ1) is 10.5. The van der Waals surface area contributed by atoms with Gasteiger partial charge in [0.15, 0.2) is 11.6 Å². The molecule has 3 aromatic rings. The van der Waals surface area contributed by atoms with Gasteiger partial charge in [0, 0.05) is 18.0 Å². The number of benzene rings is 1. The molecule has 2 aromatic heterocycles. The van der Waals surface area contributed by atoms with Crippen LogP contribution in [0.5, 0.6) is 0 Å². The van der Waals surface area contributed by atoms with Crippen molar-refractivity contribution in [3.63, 3.8) is 0 Å². The van der Waals surface area contributed by atoms with Crippen molar-refractivity contribution in [2.75, 3.05) is 0 Å². The molecule has 7 heteroatoms. The molecular formula is C15H11ClF2N4. The van der Waals surface area contributed by atoms with E-state index in [2.05, 4.69) is 21.9 Å². The maximum Gasteiger partial charge on any atom is 0.223 e. The molecular weight excluding hydrogens is 310 g/mol. The van der Waals surface area contributed by atoms with Crippen molar-refractivity contribution < 1.29 is 8.78 Å². The van der Waals surface area contributed by atoms with Crippen LogP contribution in [0.1, 0.15) is 25.2 Å². The van der Waals surface area contributed by atoms with Gasteiger partial charge >= 0.3 is 0 Å². The highest BCUT2D eigenvalue weighted by Gasteiger charge is 2.25. The van der Waals surface area contributed by atoms with Crippen LogP contribution in [0.15, 0.2) is 18.3 Å². The fraction of sp³-hybridized carbons (Fsp3) is 0.267. The molecule has 0 aliphatic carbocycles. The molecule has 112 valence electrons. The Hall–Kier alpha value is -2.08. The Morgan fingerprint density at radius 1 is 1.23 bits per heavy atom. The van der Waals surface area contributed by atoms with Crippen LogP contribution in [0.4, 0.5) is 8.78 Å². The zero-order valence-corrected chi connectivity index (χ0v) is 12.4. The Morgan fingerprint density at radius 3 is 2.86 bits per heavy atom. The first-order valence-corrected chi connectivity index (χ1v) is 7.31. The Kier molecular flexibility index (Phi) is 2.91. The van der Waals surface area contributed by atoms with Gasteiger partial charge in [-0.25, -0.2) is 23.7 Å². The maximum absolute atomic E-state index is 14.4. The second kappa shape index (κ2) is 4.71. The number of rotatable bonds is 1. The highest BCUT2D eigenvalue weighted by Crippen LogP contribution is 2.34. The number of hydrogen-bond acceptors (Lipinski definition) is 3. The molecule has 1 aliphatic heterocycles. The second-order valence-electron chi connectivity index (χ2n) is 5.45. The van der Waals surface area contributed by atoms with Crippen LogP contribution in [0.25, 0.3) is 22.3 Å². The minimum Gasteiger partial charge on any atom is -0.325 e. The van der Waals surface area contributed by atoms with Gasteiger partial charge in [-0.3, -0.25) is 0 Å². The summed E-state index contributed by atoms with van der Waals surface area (Å²) in [6.07, 6.45) is 2.77. The number of fused-ring (bicyclic) bond motifs is 3. The second-order valence-corrected chi connectivity index (χ2v) is 5.79. The molecule has 4 rings (SSSR count). The number of hydrogen-bond donors (Lipinski definition) is 0. The van der Waals surface area contributed by atoms with E-state index in [0.29, 0.717) is 16.6 Å². The van der Waals surface area contributed by atoms with Crippen LogP contribution in [0.3, 0.4) is 0 Å². The van der Waals surface area contributed by atoms with Crippen LogP contribution in [0, 0.1) is 11.6 Å². The lowest BCUT2D eigenvalue weighted by Crippen LogP contribution is -1.99. The van der Waals surface area contributed by atoms with Crippen LogP contribution in [-0.2, 0) is 6.42 Å². The van der Waals surface area contributed by atoms with Gasteiger partial charge in [-0.1, -0.05) is 0 Å². The van der Waals surface area contributed by atoms with Crippen molar-refractivity contribution in [1.29, 1.82) is 0 Å². The van der Waals surface area contributed by atoms with Crippen LogP contribution in [0.2, 0.25) is 5.28 Å². The van der Waals surface area contributed by atoms with E-state index < -0.39 is 11.6 Å². The number of nitrogens with zero attached hydrogens (tertiary/aromatic N) is 4. The number of imidazole rings is 1. The zero-order valence-electron chi connectivity index (χ0n) is 11.6. The lowest BCUT2D eigenvalue weighted by atomic mass is 10.1. The Morgan fingerprint density at radius 2 is 2.05 bits per heavy atom. The molecule has 0 unspecified atom stereocenters. The van der Waals surface area contributed by atoms with E-state index in [4.69, 9.17) is 11.6 Å². The van der Waals surface area contributed by atoms with Gasteiger partial charge in [-0.15, -0.1) is 0 Å². The molecule has 3 heterocycles. The van der Waals surface area contributed by atoms with Crippen LogP contribution in [-0.4, -0.2) is 19.5 Å². The molecule has 0 fully saturated rings. The SMILES string of the molecule is C[C@@H]1CCc2nc3c(F)cc(-c4nc(Cl)ncc4F)cc3n21. The summed E-state index contributed by atoms with van der Waals surface area (Å²) in [7, 11) is 0. The molecule has 0 spiro atoms. The molecule has 22 heavy (non-hydrogen) atoms. The summed E-state index contributed by atoms with van der Waals surface area (Å²) in [5.74, 6) is -0.271. The minimum absolute atomic E-state index is 0.0120. The summed E-state index contributed by atoms with van der Waals surface area (Å²) in [5.41, 5.74) is 1.28. The first kappa shape index (κ1) is 13.6. The number of aromatic nitrogens is 4. The third-order valence-corrected chi connectivity index (χ3v) is 4.22. The van der Waals surface area contributed by atoms with Crippen molar-refractivity contribution >= 4 is 22.6 Å². The first-order valence-electron chi connectivity index (χ1n) is 6.93. The third-order valence-electron chi connectivity index (χ3n) is 4.04. The number of halogens is 3. The van der Waals surface area contributed by atoms with Crippen molar-refractivity contribution in [2.24, 2.45) is 0 Å². The predicted molar refractivity (Wildman–Crippen MR) is 78.7 cm³/mol. The largest absolute Gasteiger partial charge is 0.325 e. The Balaban J connectivity index is 2.00. The van der Waals surface area contributed by atoms with Gasteiger partial charge < -0.3 is 4.57 Å². The summed E-state index contributed by atoms with van der Waals surface area (Å²) < 4.78 is 30.3. The maximum atomic E-state index is 14.4. The molecule has 0 saturated carbocycles. The fourth-order valence-electron chi connectivity index (χ4n) is 3.02. The van der Waals surface area contributed by atoms with E-state index in [-0.39, 0.29) is 17.0 Å². The monoisotopic (exact) mass is 320 g/mol. The normalized spacial score (nSPS) is 17.2. The molecule has 1 aromatic carbocycles. The molecule has 0 N–H and O–H groups in total. The predicted octanol–water partition coefficient (Wildman–Crippen LogP) is 3.93. The molecule has 0 amide bonds. The van der Waals surface area contributed by atoms with Gasteiger partial charge in [0.25, 0.3) is 0 Å². The van der Waals surface area contributed by atoms with Crippen LogP contribution >= 0.6 is 11.6 Å². The quantitative estimate of drug-likeness (QED) is 0.638. The molecule has 4 nitrogen and oxygen atoms in total. The van der Waals surface area contributed by atoms with Crippen molar-refractivity contribution in [1.82, 2.24) is 19.5 Å². The average molecular weight is 321 g/mol. The summed E-state index contributed by atoms with van der Waals surface area (Å²) in [6, 6.07) is 3.18. The summed E-state index contributed by atoms with van der Waals surface area (Å²) in [5, 5.41) is -0.0798. The van der Waals surface area contributed by atoms with E-state index >= 15 is 0 Å². The minimum atomic E-state index is -0.641. The summed E-state index contributed by atoms with van der Waals surface area (Å²) in [4.78, 5) is 11.8. The van der Waals surface area contributed by atoms with Gasteiger partial charge in [0.2, 0.25) is 5.28 Å². The van der Waals surface area contributed by atoms with E-state index in [1.54, 1.807) is 6.07 Å². The highest BCUT2D eigenvalue weighted by molar-refractivity contribution is 6.28. The molecule has 1 aliphatic rings. The van der Waals surface area contributed by atoms with Crippen molar-refractivity contribution in [2.45, 2.75) is 25.8 Å². The highest BCUT2D eigenvalue weighted by atomic mass is 35.5. The Bertz CT molecular complexity index is 906. The fourth-order valence-corrected chi connectivity index (χ4v) is 3.15. The van der Waals surface area contributed by atoms with E-state index in [1.807, 2.05) is 4.57 Å². The van der Waals surface area contributed by atoms with Crippen molar-refractivity contribution in [3.8, 4) is 11.3 Å². The van der Waals surface area contributed by atoms with Crippen LogP contribution < -0.4 is 0 Å². The van der Waals surface area contributed by atoms with E-state index in [0.717, 1.165) is 24.9 Å². The third kappa shape index (κ3) is 1.90. The molecule has 1 atom stereocenters. The standard InChI is InChI=1S/C15H11ClF2N4/c1-7-2-3-12-20-14-9(17)4-8(5-11(14)22(7)12)13-10(18)6-19-15(16)21-13/h4-7H,2-3H2,1H3/t7-/m1/s1.